The van der Waals surface area contributed by atoms with Crippen molar-refractivity contribution in [2.75, 3.05) is 24.9 Å². The second-order valence-electron chi connectivity index (χ2n) is 8.53. The Balaban J connectivity index is 1.38. The fourth-order valence-electron chi connectivity index (χ4n) is 4.59. The van der Waals surface area contributed by atoms with Gasteiger partial charge >= 0.3 is 0 Å². The van der Waals surface area contributed by atoms with Crippen LogP contribution < -0.4 is 20.1 Å². The van der Waals surface area contributed by atoms with Gasteiger partial charge in [-0.1, -0.05) is 36.0 Å². The molecule has 0 bridgehead atoms. The molecule has 6 nitrogen and oxygen atoms in total. The van der Waals surface area contributed by atoms with Crippen molar-refractivity contribution < 1.29 is 9.47 Å². The number of benzene rings is 2. The van der Waals surface area contributed by atoms with Gasteiger partial charge in [-0.05, 0) is 61.4 Å². The number of fused-ring (bicyclic) bond motifs is 2. The van der Waals surface area contributed by atoms with Crippen LogP contribution in [0.4, 0.5) is 11.6 Å². The molecule has 0 spiro atoms. The van der Waals surface area contributed by atoms with Crippen LogP contribution in [-0.2, 0) is 0 Å². The Bertz CT molecular complexity index is 1240. The number of methoxy groups -OCH3 is 2. The van der Waals surface area contributed by atoms with E-state index in [-0.39, 0.29) is 12.1 Å². The van der Waals surface area contributed by atoms with Gasteiger partial charge in [-0.2, -0.15) is 0 Å². The van der Waals surface area contributed by atoms with Crippen LogP contribution >= 0.6 is 23.2 Å². The summed E-state index contributed by atoms with van der Waals surface area (Å²) in [4.78, 5) is 9.58. The number of rotatable bonds is 6. The van der Waals surface area contributed by atoms with Gasteiger partial charge in [-0.25, -0.2) is 9.97 Å². The van der Waals surface area contributed by atoms with Crippen molar-refractivity contribution in [2.24, 2.45) is 0 Å². The summed E-state index contributed by atoms with van der Waals surface area (Å²) in [5, 5.41) is 10.3. The largest absolute Gasteiger partial charge is 0.497 e. The maximum Gasteiger partial charge on any atom is 0.128 e. The van der Waals surface area contributed by atoms with Crippen LogP contribution in [0.2, 0.25) is 10.0 Å². The highest BCUT2D eigenvalue weighted by Crippen LogP contribution is 2.32. The number of halogens is 2. The molecule has 1 fully saturated rings. The van der Waals surface area contributed by atoms with Crippen LogP contribution in [-0.4, -0.2) is 36.3 Å². The van der Waals surface area contributed by atoms with Crippen molar-refractivity contribution in [2.45, 2.75) is 37.8 Å². The molecule has 2 aromatic carbocycles. The van der Waals surface area contributed by atoms with Crippen molar-refractivity contribution in [3.8, 4) is 11.5 Å². The van der Waals surface area contributed by atoms with Crippen LogP contribution in [0.5, 0.6) is 11.5 Å². The monoisotopic (exact) mass is 496 g/mol. The average Bonchev–Trinajstić information content (AvgIpc) is 2.85. The van der Waals surface area contributed by atoms with Crippen molar-refractivity contribution in [3.05, 3.63) is 58.6 Å². The molecule has 2 N–H and O–H groups in total. The summed E-state index contributed by atoms with van der Waals surface area (Å²) in [7, 11) is 3.28. The van der Waals surface area contributed by atoms with Crippen molar-refractivity contribution in [1.29, 1.82) is 0 Å². The molecule has 1 aliphatic carbocycles. The highest BCUT2D eigenvalue weighted by Gasteiger charge is 2.26. The molecule has 1 aliphatic rings. The number of pyridine rings is 2. The Hall–Kier alpha value is -2.96. The second-order valence-corrected chi connectivity index (χ2v) is 9.35. The minimum atomic E-state index is 0.181. The Morgan fingerprint density at radius 2 is 1.15 bits per heavy atom. The summed E-state index contributed by atoms with van der Waals surface area (Å²) in [5.41, 5.74) is 1.66. The summed E-state index contributed by atoms with van der Waals surface area (Å²) < 4.78 is 10.6. The molecule has 176 valence electrons. The highest BCUT2D eigenvalue weighted by atomic mass is 35.5. The maximum atomic E-state index is 6.58. The Labute approximate surface area is 208 Å². The predicted octanol–water partition coefficient (Wildman–Crippen LogP) is 6.94. The van der Waals surface area contributed by atoms with E-state index in [1.165, 1.54) is 0 Å². The molecule has 1 saturated carbocycles. The molecule has 0 amide bonds. The number of anilines is 2. The first kappa shape index (κ1) is 22.8. The van der Waals surface area contributed by atoms with E-state index in [1.807, 2.05) is 48.5 Å². The molecule has 4 aromatic rings. The zero-order valence-corrected chi connectivity index (χ0v) is 20.6. The first-order valence-corrected chi connectivity index (χ1v) is 12.1. The number of hydrogen-bond acceptors (Lipinski definition) is 6. The van der Waals surface area contributed by atoms with Gasteiger partial charge in [-0.15, -0.1) is 0 Å². The van der Waals surface area contributed by atoms with Crippen LogP contribution in [0, 0.1) is 0 Å². The molecule has 8 heteroatoms. The van der Waals surface area contributed by atoms with E-state index in [0.717, 1.165) is 70.6 Å². The normalized spacial score (nSPS) is 18.1. The van der Waals surface area contributed by atoms with Crippen LogP contribution in [0.15, 0.2) is 48.5 Å². The van der Waals surface area contributed by atoms with Crippen molar-refractivity contribution >= 4 is 56.6 Å². The Morgan fingerprint density at radius 1 is 0.706 bits per heavy atom. The van der Waals surface area contributed by atoms with Crippen LogP contribution in [0.1, 0.15) is 25.7 Å². The van der Waals surface area contributed by atoms with E-state index in [2.05, 4.69) is 10.6 Å². The lowest BCUT2D eigenvalue weighted by atomic mass is 9.90. The highest BCUT2D eigenvalue weighted by molar-refractivity contribution is 6.36. The smallest absolute Gasteiger partial charge is 0.128 e. The molecule has 2 atom stereocenters. The Kier molecular flexibility index (Phi) is 6.53. The molecule has 0 saturated heterocycles. The van der Waals surface area contributed by atoms with Gasteiger partial charge in [0, 0.05) is 22.9 Å². The quantitative estimate of drug-likeness (QED) is 0.301. The van der Waals surface area contributed by atoms with E-state index >= 15 is 0 Å². The van der Waals surface area contributed by atoms with E-state index in [0.29, 0.717) is 10.0 Å². The SMILES string of the molecule is COc1ccc2nc(N[C@@H]3CCCC[C@H]3Nc3cc(Cl)c4cc(OC)ccc4n3)cc(Cl)c2c1. The summed E-state index contributed by atoms with van der Waals surface area (Å²) in [6.07, 6.45) is 4.35. The number of hydrogen-bond donors (Lipinski definition) is 2. The van der Waals surface area contributed by atoms with Gasteiger partial charge in [0.2, 0.25) is 0 Å². The molecule has 5 rings (SSSR count). The molecule has 34 heavy (non-hydrogen) atoms. The Morgan fingerprint density at radius 3 is 1.56 bits per heavy atom. The standard InChI is InChI=1S/C26H26Cl2N4O2/c1-33-15-7-9-21-17(11-15)19(27)13-25(29-21)31-23-5-3-4-6-24(23)32-26-14-20(28)18-12-16(34-2)8-10-22(18)30-26/h7-14,23-24H,3-6H2,1-2H3,(H,29,31)(H,30,32)/t23-,24-/m1/s1. The molecule has 2 heterocycles. The number of nitrogens with zero attached hydrogens (tertiary/aromatic N) is 2. The molecule has 0 unspecified atom stereocenters. The lowest BCUT2D eigenvalue weighted by molar-refractivity contribution is 0.415. The second kappa shape index (κ2) is 9.72. The lowest BCUT2D eigenvalue weighted by Crippen LogP contribution is -2.42. The summed E-state index contributed by atoms with van der Waals surface area (Å²) in [5.74, 6) is 3.04. The third-order valence-corrected chi connectivity index (χ3v) is 6.99. The van der Waals surface area contributed by atoms with Gasteiger partial charge < -0.3 is 20.1 Å². The van der Waals surface area contributed by atoms with Crippen molar-refractivity contribution in [1.82, 2.24) is 9.97 Å². The average molecular weight is 497 g/mol. The summed E-state index contributed by atoms with van der Waals surface area (Å²) in [6.45, 7) is 0. The maximum absolute atomic E-state index is 6.58. The topological polar surface area (TPSA) is 68.3 Å². The molecular formula is C26H26Cl2N4O2. The number of nitrogens with one attached hydrogen (secondary N) is 2. The van der Waals surface area contributed by atoms with Gasteiger partial charge in [-0.3, -0.25) is 0 Å². The minimum absolute atomic E-state index is 0.181. The van der Waals surface area contributed by atoms with Crippen LogP contribution in [0.25, 0.3) is 21.8 Å². The van der Waals surface area contributed by atoms with Gasteiger partial charge in [0.1, 0.15) is 23.1 Å². The first-order chi connectivity index (χ1) is 16.5. The molecular weight excluding hydrogens is 471 g/mol. The fraction of sp³-hybridized carbons (Fsp3) is 0.308. The molecule has 0 aliphatic heterocycles. The third kappa shape index (κ3) is 4.65. The van der Waals surface area contributed by atoms with Crippen LogP contribution in [0.3, 0.4) is 0 Å². The van der Waals surface area contributed by atoms with E-state index in [9.17, 15) is 0 Å². The van der Waals surface area contributed by atoms with Crippen molar-refractivity contribution in [3.63, 3.8) is 0 Å². The first-order valence-electron chi connectivity index (χ1n) is 11.4. The molecule has 2 aromatic heterocycles. The number of aromatic nitrogens is 2. The summed E-state index contributed by atoms with van der Waals surface area (Å²) in [6, 6.07) is 15.6. The summed E-state index contributed by atoms with van der Waals surface area (Å²) >= 11 is 13.2. The van der Waals surface area contributed by atoms with E-state index < -0.39 is 0 Å². The lowest BCUT2D eigenvalue weighted by Gasteiger charge is -2.33. The number of ether oxygens (including phenoxy) is 2. The third-order valence-electron chi connectivity index (χ3n) is 6.36. The zero-order valence-electron chi connectivity index (χ0n) is 19.1. The van der Waals surface area contributed by atoms with Gasteiger partial charge in [0.15, 0.2) is 0 Å². The fourth-order valence-corrected chi connectivity index (χ4v) is 5.10. The molecule has 0 radical (unpaired) electrons. The predicted molar refractivity (Wildman–Crippen MR) is 140 cm³/mol. The van der Waals surface area contributed by atoms with Gasteiger partial charge in [0.25, 0.3) is 0 Å². The van der Waals surface area contributed by atoms with E-state index in [4.69, 9.17) is 42.6 Å². The van der Waals surface area contributed by atoms with E-state index in [1.54, 1.807) is 14.2 Å². The van der Waals surface area contributed by atoms with Gasteiger partial charge in [0.05, 0.1) is 35.3 Å². The zero-order chi connectivity index (χ0) is 23.7. The minimum Gasteiger partial charge on any atom is -0.497 e.